The number of nitrogens with zero attached hydrogens (tertiary/aromatic N) is 1. The van der Waals surface area contributed by atoms with Crippen molar-refractivity contribution in [3.05, 3.63) is 0 Å². The van der Waals surface area contributed by atoms with E-state index in [9.17, 15) is 13.2 Å². The standard InChI is InChI=1S/C11H19F3N2OS/c1-16(6-8-4-2-3-5-17-8)7-9(10(15)18)11(12,13)14/h8-9H,2-7H2,1H3,(H2,15,18). The molecule has 1 heterocycles. The van der Waals surface area contributed by atoms with Gasteiger partial charge < -0.3 is 15.4 Å². The molecule has 0 radical (unpaired) electrons. The van der Waals surface area contributed by atoms with Crippen LogP contribution < -0.4 is 5.73 Å². The van der Waals surface area contributed by atoms with Gasteiger partial charge in [0.2, 0.25) is 0 Å². The van der Waals surface area contributed by atoms with Crippen LogP contribution in [0.3, 0.4) is 0 Å². The molecule has 2 N–H and O–H groups in total. The quantitative estimate of drug-likeness (QED) is 0.783. The lowest BCUT2D eigenvalue weighted by atomic mass is 10.1. The normalized spacial score (nSPS) is 23.1. The summed E-state index contributed by atoms with van der Waals surface area (Å²) in [6.45, 7) is 0.963. The summed E-state index contributed by atoms with van der Waals surface area (Å²) in [6.07, 6.45) is -1.37. The number of rotatable bonds is 5. The van der Waals surface area contributed by atoms with Crippen molar-refractivity contribution in [1.29, 1.82) is 0 Å². The van der Waals surface area contributed by atoms with E-state index >= 15 is 0 Å². The van der Waals surface area contributed by atoms with E-state index in [4.69, 9.17) is 10.5 Å². The van der Waals surface area contributed by atoms with E-state index in [-0.39, 0.29) is 12.6 Å². The van der Waals surface area contributed by atoms with Crippen molar-refractivity contribution in [3.63, 3.8) is 0 Å². The highest BCUT2D eigenvalue weighted by atomic mass is 32.1. The lowest BCUT2D eigenvalue weighted by molar-refractivity contribution is -0.159. The van der Waals surface area contributed by atoms with E-state index in [0.29, 0.717) is 13.2 Å². The zero-order valence-corrected chi connectivity index (χ0v) is 11.2. The van der Waals surface area contributed by atoms with E-state index < -0.39 is 17.1 Å². The van der Waals surface area contributed by atoms with Crippen LogP contribution in [0.1, 0.15) is 19.3 Å². The number of nitrogens with two attached hydrogens (primary N) is 1. The number of ether oxygens (including phenoxy) is 1. The minimum Gasteiger partial charge on any atom is -0.393 e. The second-order valence-electron chi connectivity index (χ2n) is 4.71. The molecule has 0 bridgehead atoms. The molecule has 0 spiro atoms. The maximum atomic E-state index is 12.7. The van der Waals surface area contributed by atoms with Gasteiger partial charge in [-0.3, -0.25) is 0 Å². The Morgan fingerprint density at radius 1 is 1.50 bits per heavy atom. The van der Waals surface area contributed by atoms with Gasteiger partial charge in [0.05, 0.1) is 11.1 Å². The summed E-state index contributed by atoms with van der Waals surface area (Å²) in [4.78, 5) is 1.09. The Balaban J connectivity index is 2.45. The summed E-state index contributed by atoms with van der Waals surface area (Å²) < 4.78 is 43.5. The van der Waals surface area contributed by atoms with Crippen LogP contribution in [-0.2, 0) is 4.74 Å². The monoisotopic (exact) mass is 284 g/mol. The molecule has 1 aliphatic heterocycles. The molecule has 1 fully saturated rings. The van der Waals surface area contributed by atoms with E-state index in [1.807, 2.05) is 0 Å². The van der Waals surface area contributed by atoms with Crippen molar-refractivity contribution in [2.45, 2.75) is 31.5 Å². The zero-order chi connectivity index (χ0) is 13.8. The SMILES string of the molecule is CN(CC1CCCCO1)CC(C(N)=S)C(F)(F)F. The fourth-order valence-corrected chi connectivity index (χ4v) is 2.25. The highest BCUT2D eigenvalue weighted by molar-refractivity contribution is 7.80. The molecule has 2 unspecified atom stereocenters. The van der Waals surface area contributed by atoms with E-state index in [0.717, 1.165) is 19.3 Å². The van der Waals surface area contributed by atoms with Crippen molar-refractivity contribution in [1.82, 2.24) is 4.90 Å². The van der Waals surface area contributed by atoms with Crippen LogP contribution >= 0.6 is 12.2 Å². The minimum absolute atomic E-state index is 0.0176. The van der Waals surface area contributed by atoms with E-state index in [1.54, 1.807) is 11.9 Å². The largest absolute Gasteiger partial charge is 0.399 e. The van der Waals surface area contributed by atoms with Gasteiger partial charge in [0, 0.05) is 19.7 Å². The molecule has 1 aliphatic rings. The fraction of sp³-hybridized carbons (Fsp3) is 0.909. The summed E-state index contributed by atoms with van der Waals surface area (Å²) in [7, 11) is 1.63. The Labute approximate surface area is 110 Å². The van der Waals surface area contributed by atoms with Crippen molar-refractivity contribution < 1.29 is 17.9 Å². The van der Waals surface area contributed by atoms with Gasteiger partial charge in [-0.15, -0.1) is 0 Å². The van der Waals surface area contributed by atoms with Crippen molar-refractivity contribution in [2.75, 3.05) is 26.7 Å². The number of halogens is 3. The summed E-state index contributed by atoms with van der Waals surface area (Å²) >= 11 is 4.49. The number of likely N-dealkylation sites (N-methyl/N-ethyl adjacent to an activating group) is 1. The molecule has 0 aromatic rings. The third kappa shape index (κ3) is 5.07. The third-order valence-electron chi connectivity index (χ3n) is 3.02. The molecule has 1 saturated heterocycles. The average molecular weight is 284 g/mol. The Hall–Kier alpha value is -0.400. The van der Waals surface area contributed by atoms with Crippen LogP contribution in [0.15, 0.2) is 0 Å². The minimum atomic E-state index is -4.38. The fourth-order valence-electron chi connectivity index (χ4n) is 2.04. The molecule has 0 amide bonds. The molecule has 2 atom stereocenters. The molecule has 7 heteroatoms. The number of thiocarbonyl (C=S) groups is 1. The number of alkyl halides is 3. The third-order valence-corrected chi connectivity index (χ3v) is 3.31. The van der Waals surface area contributed by atoms with Gasteiger partial charge in [0.15, 0.2) is 0 Å². The van der Waals surface area contributed by atoms with Gasteiger partial charge in [-0.1, -0.05) is 12.2 Å². The average Bonchev–Trinajstić information content (AvgIpc) is 2.25. The predicted molar refractivity (Wildman–Crippen MR) is 67.4 cm³/mol. The first-order chi connectivity index (χ1) is 8.30. The second kappa shape index (κ2) is 6.68. The Bertz CT molecular complexity index is 280. The molecule has 0 aromatic carbocycles. The second-order valence-corrected chi connectivity index (χ2v) is 5.18. The molecule has 1 rings (SSSR count). The first-order valence-corrected chi connectivity index (χ1v) is 6.37. The van der Waals surface area contributed by atoms with Gasteiger partial charge in [0.1, 0.15) is 5.92 Å². The van der Waals surface area contributed by atoms with Crippen LogP contribution in [0, 0.1) is 5.92 Å². The molecule has 0 aliphatic carbocycles. The Morgan fingerprint density at radius 2 is 2.17 bits per heavy atom. The van der Waals surface area contributed by atoms with Crippen molar-refractivity contribution in [2.24, 2.45) is 11.7 Å². The maximum Gasteiger partial charge on any atom is 0.399 e. The maximum absolute atomic E-state index is 12.7. The lowest BCUT2D eigenvalue weighted by Gasteiger charge is -2.30. The van der Waals surface area contributed by atoms with Gasteiger partial charge >= 0.3 is 6.18 Å². The van der Waals surface area contributed by atoms with Gasteiger partial charge in [-0.05, 0) is 26.3 Å². The summed E-state index contributed by atoms with van der Waals surface area (Å²) in [5.41, 5.74) is 5.16. The highest BCUT2D eigenvalue weighted by Gasteiger charge is 2.42. The first-order valence-electron chi connectivity index (χ1n) is 5.97. The van der Waals surface area contributed by atoms with Gasteiger partial charge in [0.25, 0.3) is 0 Å². The molecule has 18 heavy (non-hydrogen) atoms. The zero-order valence-electron chi connectivity index (χ0n) is 10.4. The van der Waals surface area contributed by atoms with Crippen LogP contribution in [0.4, 0.5) is 13.2 Å². The van der Waals surface area contributed by atoms with Crippen LogP contribution in [-0.4, -0.2) is 48.9 Å². The van der Waals surface area contributed by atoms with E-state index in [2.05, 4.69) is 12.2 Å². The predicted octanol–water partition coefficient (Wildman–Crippen LogP) is 1.95. The Morgan fingerprint density at radius 3 is 2.61 bits per heavy atom. The first kappa shape index (κ1) is 15.7. The van der Waals surface area contributed by atoms with Crippen molar-refractivity contribution in [3.8, 4) is 0 Å². The van der Waals surface area contributed by atoms with Crippen LogP contribution in [0.2, 0.25) is 0 Å². The molecule has 3 nitrogen and oxygen atoms in total. The summed E-state index contributed by atoms with van der Waals surface area (Å²) in [6, 6.07) is 0. The number of hydrogen-bond acceptors (Lipinski definition) is 3. The number of hydrogen-bond donors (Lipinski definition) is 1. The van der Waals surface area contributed by atoms with E-state index in [1.165, 1.54) is 0 Å². The smallest absolute Gasteiger partial charge is 0.393 e. The highest BCUT2D eigenvalue weighted by Crippen LogP contribution is 2.27. The van der Waals surface area contributed by atoms with Crippen LogP contribution in [0.5, 0.6) is 0 Å². The van der Waals surface area contributed by atoms with Gasteiger partial charge in [-0.2, -0.15) is 13.2 Å². The summed E-state index contributed by atoms with van der Waals surface area (Å²) in [5, 5.41) is 0. The topological polar surface area (TPSA) is 38.5 Å². The molecule has 106 valence electrons. The summed E-state index contributed by atoms with van der Waals surface area (Å²) in [5.74, 6) is -1.75. The molecular weight excluding hydrogens is 265 g/mol. The van der Waals surface area contributed by atoms with Crippen molar-refractivity contribution >= 4 is 17.2 Å². The van der Waals surface area contributed by atoms with Gasteiger partial charge in [-0.25, -0.2) is 0 Å². The lowest BCUT2D eigenvalue weighted by Crippen LogP contribution is -2.44. The molecule has 0 aromatic heterocycles. The van der Waals surface area contributed by atoms with Crippen LogP contribution in [0.25, 0.3) is 0 Å². The molecular formula is C11H19F3N2OS. The molecule has 0 saturated carbocycles. The Kier molecular flexibility index (Phi) is 5.81.